The van der Waals surface area contributed by atoms with Gasteiger partial charge in [0, 0.05) is 0 Å². The molecule has 0 aliphatic rings. The lowest BCUT2D eigenvalue weighted by Gasteiger charge is -2.19. The summed E-state index contributed by atoms with van der Waals surface area (Å²) in [4.78, 5) is 11.7. The van der Waals surface area contributed by atoms with Crippen molar-refractivity contribution in [2.75, 3.05) is 11.9 Å². The van der Waals surface area contributed by atoms with Crippen LogP contribution in [0.5, 0.6) is 0 Å². The van der Waals surface area contributed by atoms with Crippen molar-refractivity contribution >= 4 is 11.7 Å². The second-order valence-corrected chi connectivity index (χ2v) is 4.29. The van der Waals surface area contributed by atoms with E-state index in [-0.39, 0.29) is 12.3 Å². The van der Waals surface area contributed by atoms with Gasteiger partial charge in [-0.3, -0.25) is 0 Å². The molecule has 0 saturated carbocycles. The molecule has 0 bridgehead atoms. The Morgan fingerprint density at radius 1 is 1.37 bits per heavy atom. The van der Waals surface area contributed by atoms with Gasteiger partial charge in [-0.25, -0.2) is 13.6 Å². The Bertz CT molecular complexity index is 449. The van der Waals surface area contributed by atoms with Gasteiger partial charge in [-0.2, -0.15) is 0 Å². The van der Waals surface area contributed by atoms with Crippen molar-refractivity contribution in [1.29, 1.82) is 0 Å². The van der Waals surface area contributed by atoms with Crippen LogP contribution in [0.1, 0.15) is 32.3 Å². The minimum atomic E-state index is -0.740. The summed E-state index contributed by atoms with van der Waals surface area (Å²) < 4.78 is 32.4. The Kier molecular flexibility index (Phi) is 5.73. The fourth-order valence-corrected chi connectivity index (χ4v) is 1.74. The van der Waals surface area contributed by atoms with Crippen molar-refractivity contribution in [1.82, 2.24) is 0 Å². The molecule has 0 aliphatic carbocycles. The zero-order valence-electron chi connectivity index (χ0n) is 11.4. The molecule has 1 rings (SSSR count). The predicted molar refractivity (Wildman–Crippen MR) is 70.0 cm³/mol. The van der Waals surface area contributed by atoms with Crippen molar-refractivity contribution in [3.05, 3.63) is 29.3 Å². The van der Waals surface area contributed by atoms with E-state index in [2.05, 4.69) is 5.32 Å². The normalized spacial score (nSPS) is 12.1. The van der Waals surface area contributed by atoms with Gasteiger partial charge < -0.3 is 10.1 Å². The average Bonchev–Trinajstić information content (AvgIpc) is 2.38. The number of esters is 1. The molecule has 19 heavy (non-hydrogen) atoms. The molecular formula is C14H19F2NO2. The molecule has 0 spiro atoms. The van der Waals surface area contributed by atoms with Gasteiger partial charge in [0.25, 0.3) is 0 Å². The van der Waals surface area contributed by atoms with Crippen LogP contribution in [0.3, 0.4) is 0 Å². The monoisotopic (exact) mass is 271 g/mol. The quantitative estimate of drug-likeness (QED) is 0.806. The molecule has 1 unspecified atom stereocenters. The minimum Gasteiger partial charge on any atom is -0.464 e. The van der Waals surface area contributed by atoms with Gasteiger partial charge in [-0.05, 0) is 31.9 Å². The smallest absolute Gasteiger partial charge is 0.328 e. The van der Waals surface area contributed by atoms with Crippen LogP contribution in [0, 0.1) is 18.6 Å². The number of nitrogens with one attached hydrogen (secondary N) is 1. The molecule has 0 aromatic heterocycles. The number of anilines is 1. The van der Waals surface area contributed by atoms with Gasteiger partial charge >= 0.3 is 5.97 Å². The van der Waals surface area contributed by atoms with E-state index in [9.17, 15) is 13.6 Å². The average molecular weight is 271 g/mol. The van der Waals surface area contributed by atoms with E-state index < -0.39 is 23.6 Å². The number of carbonyl (C=O) groups excluding carboxylic acids is 1. The molecule has 0 heterocycles. The highest BCUT2D eigenvalue weighted by atomic mass is 19.1. The van der Waals surface area contributed by atoms with E-state index in [0.717, 1.165) is 0 Å². The van der Waals surface area contributed by atoms with Crippen LogP contribution in [-0.2, 0) is 9.53 Å². The Labute approximate surface area is 112 Å². The van der Waals surface area contributed by atoms with Crippen LogP contribution in [0.4, 0.5) is 14.5 Å². The maximum Gasteiger partial charge on any atom is 0.328 e. The summed E-state index contributed by atoms with van der Waals surface area (Å²) >= 11 is 0. The Morgan fingerprint density at radius 2 is 2.05 bits per heavy atom. The number of carbonyl (C=O) groups is 1. The molecule has 0 radical (unpaired) electrons. The fraction of sp³-hybridized carbons (Fsp3) is 0.500. The van der Waals surface area contributed by atoms with Crippen molar-refractivity contribution in [2.45, 2.75) is 39.7 Å². The van der Waals surface area contributed by atoms with Crippen LogP contribution in [0.2, 0.25) is 0 Å². The van der Waals surface area contributed by atoms with Gasteiger partial charge in [-0.1, -0.05) is 19.4 Å². The molecule has 0 fully saturated rings. The molecule has 3 nitrogen and oxygen atoms in total. The summed E-state index contributed by atoms with van der Waals surface area (Å²) in [5.74, 6) is -1.89. The number of hydrogen-bond donors (Lipinski definition) is 1. The molecule has 0 saturated heterocycles. The van der Waals surface area contributed by atoms with Crippen molar-refractivity contribution in [3.8, 4) is 0 Å². The van der Waals surface area contributed by atoms with Crippen molar-refractivity contribution in [2.24, 2.45) is 0 Å². The highest BCUT2D eigenvalue weighted by Gasteiger charge is 2.22. The third kappa shape index (κ3) is 3.91. The van der Waals surface area contributed by atoms with Crippen LogP contribution in [0.15, 0.2) is 12.1 Å². The zero-order chi connectivity index (χ0) is 14.4. The van der Waals surface area contributed by atoms with Gasteiger partial charge in [0.15, 0.2) is 5.82 Å². The van der Waals surface area contributed by atoms with Gasteiger partial charge in [0.2, 0.25) is 0 Å². The number of ether oxygens (including phenoxy) is 1. The third-order valence-corrected chi connectivity index (χ3v) is 2.75. The molecule has 0 amide bonds. The first kappa shape index (κ1) is 15.4. The standard InChI is InChI=1S/C14H19F2NO2/c1-4-6-11(14(18)19-5-2)17-13-10(15)8-7-9(3)12(13)16/h7-8,11,17H,4-6H2,1-3H3. The van der Waals surface area contributed by atoms with Crippen LogP contribution < -0.4 is 5.32 Å². The lowest BCUT2D eigenvalue weighted by molar-refractivity contribution is -0.144. The maximum atomic E-state index is 13.9. The summed E-state index contributed by atoms with van der Waals surface area (Å²) in [6, 6.07) is 1.79. The van der Waals surface area contributed by atoms with Gasteiger partial charge in [0.1, 0.15) is 17.5 Å². The lowest BCUT2D eigenvalue weighted by atomic mass is 10.1. The van der Waals surface area contributed by atoms with E-state index in [1.807, 2.05) is 6.92 Å². The summed E-state index contributed by atoms with van der Waals surface area (Å²) in [5, 5.41) is 2.62. The van der Waals surface area contributed by atoms with Crippen molar-refractivity contribution in [3.63, 3.8) is 0 Å². The first-order valence-electron chi connectivity index (χ1n) is 6.39. The highest BCUT2D eigenvalue weighted by molar-refractivity contribution is 5.79. The second-order valence-electron chi connectivity index (χ2n) is 4.29. The summed E-state index contributed by atoms with van der Waals surface area (Å²) in [6.07, 6.45) is 1.15. The molecule has 0 aliphatic heterocycles. The Balaban J connectivity index is 2.96. The molecule has 5 heteroatoms. The molecule has 106 valence electrons. The second kappa shape index (κ2) is 7.07. The van der Waals surface area contributed by atoms with Crippen molar-refractivity contribution < 1.29 is 18.3 Å². The first-order valence-corrected chi connectivity index (χ1v) is 6.39. The van der Waals surface area contributed by atoms with E-state index >= 15 is 0 Å². The van der Waals surface area contributed by atoms with E-state index in [1.54, 1.807) is 13.8 Å². The van der Waals surface area contributed by atoms with E-state index in [1.165, 1.54) is 12.1 Å². The van der Waals surface area contributed by atoms with Gasteiger partial charge in [-0.15, -0.1) is 0 Å². The molecular weight excluding hydrogens is 252 g/mol. The minimum absolute atomic E-state index is 0.236. The third-order valence-electron chi connectivity index (χ3n) is 2.75. The van der Waals surface area contributed by atoms with Crippen LogP contribution in [0.25, 0.3) is 0 Å². The molecule has 1 aromatic carbocycles. The number of benzene rings is 1. The fourth-order valence-electron chi connectivity index (χ4n) is 1.74. The van der Waals surface area contributed by atoms with Gasteiger partial charge in [0.05, 0.1) is 6.61 Å². The lowest BCUT2D eigenvalue weighted by Crippen LogP contribution is -2.32. The number of hydrogen-bond acceptors (Lipinski definition) is 3. The molecule has 1 N–H and O–H groups in total. The summed E-state index contributed by atoms with van der Waals surface area (Å²) in [6.45, 7) is 5.35. The summed E-state index contributed by atoms with van der Waals surface area (Å²) in [7, 11) is 0. The number of halogens is 2. The SMILES string of the molecule is CCCC(Nc1c(F)ccc(C)c1F)C(=O)OCC. The first-order chi connectivity index (χ1) is 9.01. The summed E-state index contributed by atoms with van der Waals surface area (Å²) in [5.41, 5.74) is 0.0505. The Hall–Kier alpha value is -1.65. The number of aryl methyl sites for hydroxylation is 1. The topological polar surface area (TPSA) is 38.3 Å². The Morgan fingerprint density at radius 3 is 2.63 bits per heavy atom. The maximum absolute atomic E-state index is 13.9. The largest absolute Gasteiger partial charge is 0.464 e. The number of rotatable bonds is 6. The molecule has 1 aromatic rings. The van der Waals surface area contributed by atoms with Crippen LogP contribution in [-0.4, -0.2) is 18.6 Å². The molecule has 1 atom stereocenters. The highest BCUT2D eigenvalue weighted by Crippen LogP contribution is 2.23. The van der Waals surface area contributed by atoms with E-state index in [4.69, 9.17) is 4.74 Å². The zero-order valence-corrected chi connectivity index (χ0v) is 11.4. The predicted octanol–water partition coefficient (Wildman–Crippen LogP) is 3.42. The van der Waals surface area contributed by atoms with Crippen LogP contribution >= 0.6 is 0 Å². The van der Waals surface area contributed by atoms with E-state index in [0.29, 0.717) is 18.4 Å².